The third-order valence-electron chi connectivity index (χ3n) is 5.82. The Bertz CT molecular complexity index is 1310. The maximum Gasteiger partial charge on any atom is 0.411 e. The van der Waals surface area contributed by atoms with Gasteiger partial charge >= 0.3 is 12.4 Å². The predicted molar refractivity (Wildman–Crippen MR) is 106 cm³/mol. The molecule has 1 aliphatic carbocycles. The number of alkyl halides is 6. The summed E-state index contributed by atoms with van der Waals surface area (Å²) in [6, 6.07) is 17.6. The molecule has 1 nitrogen and oxygen atoms in total. The highest BCUT2D eigenvalue weighted by Crippen LogP contribution is 2.63. The lowest BCUT2D eigenvalue weighted by Gasteiger charge is -2.35. The van der Waals surface area contributed by atoms with Gasteiger partial charge in [-0.05, 0) is 39.8 Å². The van der Waals surface area contributed by atoms with Gasteiger partial charge in [-0.3, -0.25) is 4.98 Å². The Labute approximate surface area is 173 Å². The van der Waals surface area contributed by atoms with Crippen LogP contribution in [0.5, 0.6) is 0 Å². The highest BCUT2D eigenvalue weighted by atomic mass is 19.4. The van der Waals surface area contributed by atoms with Crippen molar-refractivity contribution in [2.24, 2.45) is 0 Å². The third-order valence-corrected chi connectivity index (χ3v) is 5.82. The van der Waals surface area contributed by atoms with E-state index in [2.05, 4.69) is 4.98 Å². The maximum absolute atomic E-state index is 14.1. The number of benzene rings is 3. The summed E-state index contributed by atoms with van der Waals surface area (Å²) < 4.78 is 84.8. The molecule has 156 valence electrons. The van der Waals surface area contributed by atoms with Crippen LogP contribution in [0, 0.1) is 0 Å². The minimum absolute atomic E-state index is 0.0743. The number of rotatable bonds is 1. The van der Waals surface area contributed by atoms with E-state index in [0.29, 0.717) is 11.3 Å². The van der Waals surface area contributed by atoms with Gasteiger partial charge in [0.25, 0.3) is 0 Å². The smallest absolute Gasteiger partial charge is 0.256 e. The second kappa shape index (κ2) is 6.33. The first-order valence-corrected chi connectivity index (χ1v) is 9.37. The van der Waals surface area contributed by atoms with E-state index in [1.165, 1.54) is 30.3 Å². The van der Waals surface area contributed by atoms with Gasteiger partial charge in [0.2, 0.25) is 5.41 Å². The first-order chi connectivity index (χ1) is 14.6. The van der Waals surface area contributed by atoms with Crippen molar-refractivity contribution in [3.8, 4) is 22.4 Å². The monoisotopic (exact) mass is 429 g/mol. The largest absolute Gasteiger partial charge is 0.411 e. The van der Waals surface area contributed by atoms with Gasteiger partial charge in [-0.2, -0.15) is 26.3 Å². The molecule has 0 saturated heterocycles. The summed E-state index contributed by atoms with van der Waals surface area (Å²) in [5.74, 6) is 0. The molecule has 0 fully saturated rings. The summed E-state index contributed by atoms with van der Waals surface area (Å²) in [5, 5.41) is 1.75. The summed E-state index contributed by atoms with van der Waals surface area (Å²) in [6.07, 6.45) is -9.49. The van der Waals surface area contributed by atoms with Crippen LogP contribution in [-0.4, -0.2) is 17.3 Å². The average Bonchev–Trinajstić information content (AvgIpc) is 3.04. The van der Waals surface area contributed by atoms with Crippen molar-refractivity contribution < 1.29 is 26.3 Å². The number of hydrogen-bond acceptors (Lipinski definition) is 1. The van der Waals surface area contributed by atoms with Gasteiger partial charge in [-0.1, -0.05) is 60.7 Å². The highest BCUT2D eigenvalue weighted by molar-refractivity contribution is 5.88. The lowest BCUT2D eigenvalue weighted by atomic mass is 9.76. The van der Waals surface area contributed by atoms with E-state index >= 15 is 0 Å². The van der Waals surface area contributed by atoms with E-state index in [1.54, 1.807) is 12.3 Å². The lowest BCUT2D eigenvalue weighted by Crippen LogP contribution is -2.53. The summed E-state index contributed by atoms with van der Waals surface area (Å²) in [6.45, 7) is 0. The fourth-order valence-corrected chi connectivity index (χ4v) is 4.46. The van der Waals surface area contributed by atoms with Crippen molar-refractivity contribution in [1.29, 1.82) is 0 Å². The number of pyridine rings is 1. The molecule has 0 N–H and O–H groups in total. The van der Waals surface area contributed by atoms with Crippen LogP contribution in [0.15, 0.2) is 79.0 Å². The zero-order valence-corrected chi connectivity index (χ0v) is 15.7. The van der Waals surface area contributed by atoms with Crippen molar-refractivity contribution in [1.82, 2.24) is 4.98 Å². The standard InChI is InChI=1S/C24H13F6N/c25-23(26,27)22(24(28,29)30)19-8-4-3-7-17(19)18-11-15(9-10-20(18)22)21-12-14-5-1-2-6-16(14)13-31-21/h1-13H. The molecule has 31 heavy (non-hydrogen) atoms. The molecule has 0 bridgehead atoms. The Morgan fingerprint density at radius 3 is 1.94 bits per heavy atom. The topological polar surface area (TPSA) is 12.9 Å². The van der Waals surface area contributed by atoms with E-state index in [-0.39, 0.29) is 11.1 Å². The minimum Gasteiger partial charge on any atom is -0.256 e. The van der Waals surface area contributed by atoms with E-state index in [9.17, 15) is 26.3 Å². The van der Waals surface area contributed by atoms with Crippen molar-refractivity contribution in [2.75, 3.05) is 0 Å². The molecule has 0 amide bonds. The predicted octanol–water partition coefficient (Wildman–Crippen LogP) is 7.29. The number of hydrogen-bond donors (Lipinski definition) is 0. The third kappa shape index (κ3) is 2.62. The molecule has 1 aliphatic rings. The molecule has 1 aromatic heterocycles. The molecule has 3 aromatic carbocycles. The summed E-state index contributed by atoms with van der Waals surface area (Å²) in [7, 11) is 0. The molecular formula is C24H13F6N. The molecule has 7 heteroatoms. The Morgan fingerprint density at radius 2 is 1.23 bits per heavy atom. The average molecular weight is 429 g/mol. The van der Waals surface area contributed by atoms with Crippen molar-refractivity contribution in [3.63, 3.8) is 0 Å². The minimum atomic E-state index is -5.56. The number of nitrogens with zero attached hydrogens (tertiary/aromatic N) is 1. The van der Waals surface area contributed by atoms with Crippen LogP contribution < -0.4 is 0 Å². The second-order valence-corrected chi connectivity index (χ2v) is 7.47. The molecular weight excluding hydrogens is 416 g/mol. The normalized spacial score (nSPS) is 15.0. The van der Waals surface area contributed by atoms with E-state index < -0.39 is 28.9 Å². The van der Waals surface area contributed by atoms with Gasteiger partial charge in [0.05, 0.1) is 5.69 Å². The zero-order valence-electron chi connectivity index (χ0n) is 15.7. The maximum atomic E-state index is 14.1. The summed E-state index contributed by atoms with van der Waals surface area (Å²) >= 11 is 0. The fourth-order valence-electron chi connectivity index (χ4n) is 4.46. The molecule has 0 atom stereocenters. The van der Waals surface area contributed by atoms with Gasteiger partial charge in [-0.25, -0.2) is 0 Å². The van der Waals surface area contributed by atoms with Gasteiger partial charge < -0.3 is 0 Å². The Balaban J connectivity index is 1.79. The molecule has 0 spiro atoms. The van der Waals surface area contributed by atoms with Crippen molar-refractivity contribution in [3.05, 3.63) is 90.1 Å². The Kier molecular flexibility index (Phi) is 4.00. The van der Waals surface area contributed by atoms with Crippen molar-refractivity contribution in [2.45, 2.75) is 17.8 Å². The zero-order chi connectivity index (χ0) is 22.0. The molecule has 1 heterocycles. The second-order valence-electron chi connectivity index (χ2n) is 7.47. The van der Waals surface area contributed by atoms with E-state index in [0.717, 1.165) is 22.9 Å². The quantitative estimate of drug-likeness (QED) is 0.290. The Morgan fingerprint density at radius 1 is 0.613 bits per heavy atom. The van der Waals surface area contributed by atoms with Gasteiger partial charge in [0, 0.05) is 17.1 Å². The van der Waals surface area contributed by atoms with E-state index in [4.69, 9.17) is 0 Å². The van der Waals surface area contributed by atoms with Crippen LogP contribution >= 0.6 is 0 Å². The van der Waals surface area contributed by atoms with Gasteiger partial charge in [0.15, 0.2) is 0 Å². The molecule has 0 aliphatic heterocycles. The Hall–Kier alpha value is -3.35. The molecule has 0 unspecified atom stereocenters. The molecule has 4 aromatic rings. The molecule has 0 saturated carbocycles. The van der Waals surface area contributed by atoms with Crippen LogP contribution in [0.4, 0.5) is 26.3 Å². The lowest BCUT2D eigenvalue weighted by molar-refractivity contribution is -0.287. The van der Waals surface area contributed by atoms with Crippen LogP contribution in [0.25, 0.3) is 33.2 Å². The highest BCUT2D eigenvalue weighted by Gasteiger charge is 2.75. The summed E-state index contributed by atoms with van der Waals surface area (Å²) in [5.41, 5.74) is -4.92. The van der Waals surface area contributed by atoms with Crippen LogP contribution in [-0.2, 0) is 5.41 Å². The van der Waals surface area contributed by atoms with Crippen LogP contribution in [0.1, 0.15) is 11.1 Å². The molecule has 0 radical (unpaired) electrons. The number of halogens is 6. The molecule has 5 rings (SSSR count). The van der Waals surface area contributed by atoms with Crippen LogP contribution in [0.3, 0.4) is 0 Å². The number of aromatic nitrogens is 1. The van der Waals surface area contributed by atoms with Gasteiger partial charge in [0.1, 0.15) is 0 Å². The van der Waals surface area contributed by atoms with Crippen molar-refractivity contribution >= 4 is 10.8 Å². The number of fused-ring (bicyclic) bond motifs is 4. The first kappa shape index (κ1) is 19.6. The summed E-state index contributed by atoms with van der Waals surface area (Å²) in [4.78, 5) is 4.35. The van der Waals surface area contributed by atoms with E-state index in [1.807, 2.05) is 24.3 Å². The van der Waals surface area contributed by atoms with Gasteiger partial charge in [-0.15, -0.1) is 0 Å². The first-order valence-electron chi connectivity index (χ1n) is 9.37. The fraction of sp³-hybridized carbons (Fsp3) is 0.125. The SMILES string of the molecule is FC(F)(F)C1(C(F)(F)F)c2ccccc2-c2cc(-c3cc4ccccc4cn3)ccc21. The van der Waals surface area contributed by atoms with Crippen LogP contribution in [0.2, 0.25) is 0 Å².